The average Bonchev–Trinajstić information content (AvgIpc) is 3.08. The van der Waals surface area contributed by atoms with Crippen LogP contribution in [-0.4, -0.2) is 51.9 Å². The summed E-state index contributed by atoms with van der Waals surface area (Å²) in [5, 5.41) is 0.635. The summed E-state index contributed by atoms with van der Waals surface area (Å²) >= 11 is 1.30. The van der Waals surface area contributed by atoms with Gasteiger partial charge in [0.1, 0.15) is 13.2 Å². The van der Waals surface area contributed by atoms with Crippen molar-refractivity contribution < 1.29 is 14.3 Å². The van der Waals surface area contributed by atoms with Crippen LogP contribution in [0.5, 0.6) is 0 Å². The average molecular weight is 411 g/mol. The van der Waals surface area contributed by atoms with Crippen molar-refractivity contribution in [2.75, 3.05) is 26.2 Å². The molecule has 0 radical (unpaired) electrons. The van der Waals surface area contributed by atoms with E-state index in [4.69, 9.17) is 4.74 Å². The van der Waals surface area contributed by atoms with Gasteiger partial charge in [-0.25, -0.2) is 4.79 Å². The molecule has 0 bridgehead atoms. The zero-order valence-corrected chi connectivity index (χ0v) is 16.6. The maximum Gasteiger partial charge on any atom is 0.410 e. The number of fused-ring (bicyclic) bond motifs is 1. The molecule has 0 aliphatic carbocycles. The molecule has 4 rings (SSSR count). The molecule has 0 unspecified atom stereocenters. The topological polar surface area (TPSA) is 71.9 Å². The van der Waals surface area contributed by atoms with Gasteiger partial charge in [-0.1, -0.05) is 54.0 Å². The third-order valence-electron chi connectivity index (χ3n) is 4.93. The molecule has 2 aromatic carbocycles. The molecule has 1 aliphatic rings. The molecule has 3 aromatic rings. The zero-order valence-electron chi connectivity index (χ0n) is 15.8. The summed E-state index contributed by atoms with van der Waals surface area (Å²) in [6.45, 7) is 1.95. The van der Waals surface area contributed by atoms with Crippen LogP contribution in [0, 0.1) is 0 Å². The molecular weight excluding hydrogens is 390 g/mol. The first-order valence-electron chi connectivity index (χ1n) is 9.44. The second-order valence-corrected chi connectivity index (χ2v) is 7.90. The molecule has 2 amide bonds. The van der Waals surface area contributed by atoms with Crippen LogP contribution in [0.25, 0.3) is 10.1 Å². The fraction of sp³-hybridized carbons (Fsp3) is 0.286. The number of aromatic nitrogens is 1. The number of rotatable bonds is 4. The number of hydrogen-bond acceptors (Lipinski definition) is 5. The largest absolute Gasteiger partial charge is 0.445 e. The summed E-state index contributed by atoms with van der Waals surface area (Å²) in [4.78, 5) is 40.6. The Labute approximate surface area is 171 Å². The molecule has 1 aromatic heterocycles. The summed E-state index contributed by atoms with van der Waals surface area (Å²) in [6, 6.07) is 16.9. The molecule has 0 spiro atoms. The van der Waals surface area contributed by atoms with Gasteiger partial charge in [-0.3, -0.25) is 13.5 Å². The molecule has 0 atom stereocenters. The van der Waals surface area contributed by atoms with Gasteiger partial charge in [0, 0.05) is 26.2 Å². The smallest absolute Gasteiger partial charge is 0.410 e. The Morgan fingerprint density at radius 2 is 1.55 bits per heavy atom. The molecule has 0 N–H and O–H groups in total. The number of piperazine rings is 1. The maximum atomic E-state index is 12.6. The summed E-state index contributed by atoms with van der Waals surface area (Å²) in [7, 11) is 0. The van der Waals surface area contributed by atoms with E-state index in [2.05, 4.69) is 0 Å². The minimum atomic E-state index is -0.373. The standard InChI is InChI=1S/C21H21N3O4S/c25-19(14-24-20(26)17-8-4-5-9-18(17)29-24)22-10-12-23(13-11-22)21(27)28-15-16-6-2-1-3-7-16/h1-9H,10-15H2. The Bertz CT molecular complexity index is 1070. The highest BCUT2D eigenvalue weighted by atomic mass is 32.1. The van der Waals surface area contributed by atoms with Crippen LogP contribution >= 0.6 is 11.5 Å². The van der Waals surface area contributed by atoms with E-state index >= 15 is 0 Å². The van der Waals surface area contributed by atoms with E-state index in [0.717, 1.165) is 10.3 Å². The molecule has 1 fully saturated rings. The quantitative estimate of drug-likeness (QED) is 0.662. The lowest BCUT2D eigenvalue weighted by molar-refractivity contribution is -0.133. The van der Waals surface area contributed by atoms with Crippen molar-refractivity contribution in [3.05, 3.63) is 70.5 Å². The van der Waals surface area contributed by atoms with Crippen LogP contribution in [0.1, 0.15) is 5.56 Å². The van der Waals surface area contributed by atoms with Gasteiger partial charge in [0.2, 0.25) is 5.91 Å². The predicted molar refractivity (Wildman–Crippen MR) is 111 cm³/mol. The van der Waals surface area contributed by atoms with Crippen LogP contribution in [-0.2, 0) is 22.7 Å². The van der Waals surface area contributed by atoms with E-state index in [0.29, 0.717) is 31.6 Å². The molecule has 1 saturated heterocycles. The second-order valence-electron chi connectivity index (χ2n) is 6.84. The lowest BCUT2D eigenvalue weighted by atomic mass is 10.2. The zero-order chi connectivity index (χ0) is 20.2. The maximum absolute atomic E-state index is 12.6. The van der Waals surface area contributed by atoms with E-state index in [-0.39, 0.29) is 30.7 Å². The van der Waals surface area contributed by atoms with Gasteiger partial charge in [-0.05, 0) is 17.7 Å². The number of amides is 2. The Morgan fingerprint density at radius 1 is 0.897 bits per heavy atom. The molecule has 8 heteroatoms. The lowest BCUT2D eigenvalue weighted by Crippen LogP contribution is -2.51. The molecule has 1 aliphatic heterocycles. The Balaban J connectivity index is 1.29. The van der Waals surface area contributed by atoms with Crippen molar-refractivity contribution in [2.45, 2.75) is 13.2 Å². The fourth-order valence-corrected chi connectivity index (χ4v) is 4.28. The molecule has 7 nitrogen and oxygen atoms in total. The first-order valence-corrected chi connectivity index (χ1v) is 10.2. The highest BCUT2D eigenvalue weighted by Crippen LogP contribution is 2.16. The molecule has 0 saturated carbocycles. The summed E-state index contributed by atoms with van der Waals surface area (Å²) in [5.74, 6) is -0.115. The minimum absolute atomic E-state index is 0.0244. The summed E-state index contributed by atoms with van der Waals surface area (Å²) in [5.41, 5.74) is 0.797. The monoisotopic (exact) mass is 411 g/mol. The third-order valence-corrected chi connectivity index (χ3v) is 6.00. The number of carbonyl (C=O) groups is 2. The van der Waals surface area contributed by atoms with Crippen LogP contribution in [0.4, 0.5) is 4.79 Å². The first-order chi connectivity index (χ1) is 14.1. The number of carbonyl (C=O) groups excluding carboxylic acids is 2. The van der Waals surface area contributed by atoms with Gasteiger partial charge < -0.3 is 14.5 Å². The number of nitrogens with zero attached hydrogens (tertiary/aromatic N) is 3. The van der Waals surface area contributed by atoms with Crippen molar-refractivity contribution in [3.8, 4) is 0 Å². The molecule has 150 valence electrons. The summed E-state index contributed by atoms with van der Waals surface area (Å²) in [6.07, 6.45) is -0.373. The van der Waals surface area contributed by atoms with Crippen LogP contribution < -0.4 is 5.56 Å². The van der Waals surface area contributed by atoms with Crippen LogP contribution in [0.3, 0.4) is 0 Å². The highest BCUT2D eigenvalue weighted by Gasteiger charge is 2.25. The Hall–Kier alpha value is -3.13. The van der Waals surface area contributed by atoms with E-state index < -0.39 is 0 Å². The number of benzene rings is 2. The van der Waals surface area contributed by atoms with Gasteiger partial charge in [-0.2, -0.15) is 0 Å². The molecular formula is C21H21N3O4S. The Kier molecular flexibility index (Phi) is 5.62. The van der Waals surface area contributed by atoms with Gasteiger partial charge in [-0.15, -0.1) is 0 Å². The van der Waals surface area contributed by atoms with Crippen LogP contribution in [0.15, 0.2) is 59.4 Å². The minimum Gasteiger partial charge on any atom is -0.445 e. The van der Waals surface area contributed by atoms with Crippen LogP contribution in [0.2, 0.25) is 0 Å². The van der Waals surface area contributed by atoms with Gasteiger partial charge in [0.15, 0.2) is 0 Å². The third kappa shape index (κ3) is 4.32. The highest BCUT2D eigenvalue weighted by molar-refractivity contribution is 7.13. The second kappa shape index (κ2) is 8.48. The van der Waals surface area contributed by atoms with Crippen molar-refractivity contribution in [2.24, 2.45) is 0 Å². The molecule has 2 heterocycles. The van der Waals surface area contributed by atoms with Gasteiger partial charge >= 0.3 is 6.09 Å². The first kappa shape index (κ1) is 19.2. The van der Waals surface area contributed by atoms with Crippen molar-refractivity contribution in [1.82, 2.24) is 13.8 Å². The predicted octanol–water partition coefficient (Wildman–Crippen LogP) is 2.54. The SMILES string of the molecule is O=C(Cn1sc2ccccc2c1=O)N1CCN(C(=O)OCc2ccccc2)CC1. The van der Waals surface area contributed by atoms with Gasteiger partial charge in [0.25, 0.3) is 5.56 Å². The number of ether oxygens (including phenoxy) is 1. The van der Waals surface area contributed by atoms with E-state index in [1.54, 1.807) is 15.9 Å². The van der Waals surface area contributed by atoms with Crippen molar-refractivity contribution >= 4 is 33.6 Å². The van der Waals surface area contributed by atoms with E-state index in [1.807, 2.05) is 48.5 Å². The normalized spacial score (nSPS) is 14.2. The lowest BCUT2D eigenvalue weighted by Gasteiger charge is -2.34. The number of hydrogen-bond donors (Lipinski definition) is 0. The summed E-state index contributed by atoms with van der Waals surface area (Å²) < 4.78 is 7.71. The Morgan fingerprint density at radius 3 is 2.28 bits per heavy atom. The fourth-order valence-electron chi connectivity index (χ4n) is 3.29. The van der Waals surface area contributed by atoms with Crippen molar-refractivity contribution in [1.29, 1.82) is 0 Å². The molecule has 29 heavy (non-hydrogen) atoms. The van der Waals surface area contributed by atoms with Gasteiger partial charge in [0.05, 0.1) is 10.1 Å². The van der Waals surface area contributed by atoms with E-state index in [9.17, 15) is 14.4 Å². The van der Waals surface area contributed by atoms with Crippen molar-refractivity contribution in [3.63, 3.8) is 0 Å². The van der Waals surface area contributed by atoms with E-state index in [1.165, 1.54) is 15.5 Å².